The molecule has 0 unspecified atom stereocenters. The minimum absolute atomic E-state index is 0.0427. The van der Waals surface area contributed by atoms with Crippen LogP contribution in [0, 0.1) is 5.92 Å². The molecule has 0 atom stereocenters. The molecule has 3 rings (SSSR count). The van der Waals surface area contributed by atoms with E-state index in [-0.39, 0.29) is 5.91 Å². The van der Waals surface area contributed by atoms with E-state index in [9.17, 15) is 4.79 Å². The number of hydrogen-bond acceptors (Lipinski definition) is 5. The predicted octanol–water partition coefficient (Wildman–Crippen LogP) is 2.19. The standard InChI is InChI=1S/C19H27N5O2/c1-23(2)19-21-10-16(11-22-19)15-9-17(18(25)20-7-4-8-26-3)24(13-15)12-14-5-6-14/h9-11,13-14H,4-8,12H2,1-3H3,(H,20,25). The summed E-state index contributed by atoms with van der Waals surface area (Å²) >= 11 is 0. The molecule has 140 valence electrons. The highest BCUT2D eigenvalue weighted by molar-refractivity contribution is 5.94. The van der Waals surface area contributed by atoms with Gasteiger partial charge in [-0.15, -0.1) is 0 Å². The lowest BCUT2D eigenvalue weighted by Crippen LogP contribution is -2.27. The highest BCUT2D eigenvalue weighted by atomic mass is 16.5. The van der Waals surface area contributed by atoms with E-state index in [2.05, 4.69) is 19.9 Å². The second-order valence-corrected chi connectivity index (χ2v) is 6.98. The molecule has 0 aliphatic heterocycles. The highest BCUT2D eigenvalue weighted by Gasteiger charge is 2.24. The fourth-order valence-corrected chi connectivity index (χ4v) is 2.80. The summed E-state index contributed by atoms with van der Waals surface area (Å²) < 4.78 is 7.10. The van der Waals surface area contributed by atoms with Crippen molar-refractivity contribution in [3.8, 4) is 11.1 Å². The zero-order valence-corrected chi connectivity index (χ0v) is 15.7. The average molecular weight is 357 g/mol. The number of ether oxygens (including phenoxy) is 1. The lowest BCUT2D eigenvalue weighted by atomic mass is 10.2. The van der Waals surface area contributed by atoms with E-state index in [0.29, 0.717) is 30.7 Å². The van der Waals surface area contributed by atoms with E-state index in [0.717, 1.165) is 24.1 Å². The molecular weight excluding hydrogens is 330 g/mol. The van der Waals surface area contributed by atoms with Crippen LogP contribution in [-0.4, -0.2) is 54.8 Å². The third kappa shape index (κ3) is 4.60. The molecule has 1 fully saturated rings. The van der Waals surface area contributed by atoms with Crippen LogP contribution in [0.1, 0.15) is 29.8 Å². The second-order valence-electron chi connectivity index (χ2n) is 6.98. The SMILES string of the molecule is COCCCNC(=O)c1cc(-c2cnc(N(C)C)nc2)cn1CC1CC1. The van der Waals surface area contributed by atoms with Crippen LogP contribution in [-0.2, 0) is 11.3 Å². The number of carbonyl (C=O) groups is 1. The first-order valence-corrected chi connectivity index (χ1v) is 9.05. The lowest BCUT2D eigenvalue weighted by Gasteiger charge is -2.09. The fraction of sp³-hybridized carbons (Fsp3) is 0.526. The molecule has 1 N–H and O–H groups in total. The van der Waals surface area contributed by atoms with Crippen LogP contribution in [0.3, 0.4) is 0 Å². The van der Waals surface area contributed by atoms with Crippen molar-refractivity contribution >= 4 is 11.9 Å². The summed E-state index contributed by atoms with van der Waals surface area (Å²) in [4.78, 5) is 23.2. The largest absolute Gasteiger partial charge is 0.385 e. The molecule has 0 saturated heterocycles. The molecular formula is C19H27N5O2. The lowest BCUT2D eigenvalue weighted by molar-refractivity contribution is 0.0939. The number of aromatic nitrogens is 3. The Labute approximate surface area is 154 Å². The molecule has 1 aliphatic carbocycles. The maximum absolute atomic E-state index is 12.6. The Kier molecular flexibility index (Phi) is 5.88. The molecule has 0 bridgehead atoms. The number of anilines is 1. The molecule has 0 spiro atoms. The Morgan fingerprint density at radius 1 is 1.31 bits per heavy atom. The average Bonchev–Trinajstić information content (AvgIpc) is 3.35. The predicted molar refractivity (Wildman–Crippen MR) is 101 cm³/mol. The number of nitrogens with one attached hydrogen (secondary N) is 1. The number of nitrogens with zero attached hydrogens (tertiary/aromatic N) is 4. The van der Waals surface area contributed by atoms with Crippen molar-refractivity contribution in [3.05, 3.63) is 30.4 Å². The molecule has 0 radical (unpaired) electrons. The van der Waals surface area contributed by atoms with E-state index < -0.39 is 0 Å². The summed E-state index contributed by atoms with van der Waals surface area (Å²) in [7, 11) is 5.48. The molecule has 2 heterocycles. The van der Waals surface area contributed by atoms with Crippen molar-refractivity contribution in [2.75, 3.05) is 39.3 Å². The van der Waals surface area contributed by atoms with E-state index >= 15 is 0 Å². The Bertz CT molecular complexity index is 735. The van der Waals surface area contributed by atoms with Crippen molar-refractivity contribution in [1.29, 1.82) is 0 Å². The maximum Gasteiger partial charge on any atom is 0.267 e. The van der Waals surface area contributed by atoms with Gasteiger partial charge in [-0.05, 0) is 31.2 Å². The van der Waals surface area contributed by atoms with Gasteiger partial charge in [0.2, 0.25) is 5.95 Å². The van der Waals surface area contributed by atoms with Crippen molar-refractivity contribution in [3.63, 3.8) is 0 Å². The zero-order chi connectivity index (χ0) is 18.5. The molecule has 1 saturated carbocycles. The smallest absolute Gasteiger partial charge is 0.267 e. The molecule has 1 aliphatic rings. The summed E-state index contributed by atoms with van der Waals surface area (Å²) in [6.45, 7) is 2.14. The Morgan fingerprint density at radius 3 is 2.65 bits per heavy atom. The van der Waals surface area contributed by atoms with Gasteiger partial charge in [-0.3, -0.25) is 4.79 Å². The Morgan fingerprint density at radius 2 is 2.04 bits per heavy atom. The van der Waals surface area contributed by atoms with E-state index in [1.54, 1.807) is 19.5 Å². The van der Waals surface area contributed by atoms with Gasteiger partial charge in [0.25, 0.3) is 5.91 Å². The number of carbonyl (C=O) groups excluding carboxylic acids is 1. The molecule has 2 aromatic rings. The van der Waals surface area contributed by atoms with Crippen molar-refractivity contribution < 1.29 is 9.53 Å². The minimum Gasteiger partial charge on any atom is -0.385 e. The van der Waals surface area contributed by atoms with Crippen LogP contribution >= 0.6 is 0 Å². The third-order valence-electron chi connectivity index (χ3n) is 4.46. The van der Waals surface area contributed by atoms with E-state index in [4.69, 9.17) is 4.74 Å². The second kappa shape index (κ2) is 8.31. The van der Waals surface area contributed by atoms with Gasteiger partial charge in [0.1, 0.15) is 5.69 Å². The van der Waals surface area contributed by atoms with Crippen LogP contribution in [0.15, 0.2) is 24.7 Å². The van der Waals surface area contributed by atoms with Crippen LogP contribution in [0.2, 0.25) is 0 Å². The first-order valence-electron chi connectivity index (χ1n) is 9.05. The monoisotopic (exact) mass is 357 g/mol. The third-order valence-corrected chi connectivity index (χ3v) is 4.46. The van der Waals surface area contributed by atoms with Crippen molar-refractivity contribution in [2.24, 2.45) is 5.92 Å². The fourth-order valence-electron chi connectivity index (χ4n) is 2.80. The Hall–Kier alpha value is -2.41. The summed E-state index contributed by atoms with van der Waals surface area (Å²) in [6, 6.07) is 1.93. The van der Waals surface area contributed by atoms with E-state index in [1.807, 2.05) is 31.3 Å². The molecule has 0 aromatic carbocycles. The van der Waals surface area contributed by atoms with Crippen LogP contribution < -0.4 is 10.2 Å². The number of rotatable bonds is 9. The molecule has 7 nitrogen and oxygen atoms in total. The van der Waals surface area contributed by atoms with Gasteiger partial charge in [-0.25, -0.2) is 9.97 Å². The maximum atomic E-state index is 12.6. The Balaban J connectivity index is 1.78. The summed E-state index contributed by atoms with van der Waals surface area (Å²) in [6.07, 6.45) is 8.93. The summed E-state index contributed by atoms with van der Waals surface area (Å²) in [5, 5.41) is 2.98. The highest BCUT2D eigenvalue weighted by Crippen LogP contribution is 2.32. The van der Waals surface area contributed by atoms with Crippen molar-refractivity contribution in [1.82, 2.24) is 19.9 Å². The molecule has 1 amide bonds. The molecule has 7 heteroatoms. The van der Waals surface area contributed by atoms with Crippen LogP contribution in [0.5, 0.6) is 0 Å². The van der Waals surface area contributed by atoms with Gasteiger partial charge in [-0.2, -0.15) is 0 Å². The zero-order valence-electron chi connectivity index (χ0n) is 15.7. The van der Waals surface area contributed by atoms with Gasteiger partial charge in [-0.1, -0.05) is 0 Å². The minimum atomic E-state index is -0.0427. The van der Waals surface area contributed by atoms with Crippen LogP contribution in [0.4, 0.5) is 5.95 Å². The summed E-state index contributed by atoms with van der Waals surface area (Å²) in [5.41, 5.74) is 2.58. The quantitative estimate of drug-likeness (QED) is 0.697. The molecule has 2 aromatic heterocycles. The van der Waals surface area contributed by atoms with E-state index in [1.165, 1.54) is 12.8 Å². The van der Waals surface area contributed by atoms with Gasteiger partial charge in [0.05, 0.1) is 0 Å². The van der Waals surface area contributed by atoms with Crippen LogP contribution in [0.25, 0.3) is 11.1 Å². The summed E-state index contributed by atoms with van der Waals surface area (Å²) in [5.74, 6) is 1.31. The number of hydrogen-bond donors (Lipinski definition) is 1. The first kappa shape index (κ1) is 18.4. The normalized spacial score (nSPS) is 13.7. The first-order chi connectivity index (χ1) is 12.6. The molecule has 26 heavy (non-hydrogen) atoms. The van der Waals surface area contributed by atoms with Gasteiger partial charge >= 0.3 is 0 Å². The number of methoxy groups -OCH3 is 1. The van der Waals surface area contributed by atoms with Gasteiger partial charge < -0.3 is 19.5 Å². The van der Waals surface area contributed by atoms with Crippen molar-refractivity contribution in [2.45, 2.75) is 25.8 Å². The van der Waals surface area contributed by atoms with Gasteiger partial charge in [0.15, 0.2) is 0 Å². The number of amides is 1. The van der Waals surface area contributed by atoms with Gasteiger partial charge in [0, 0.05) is 70.6 Å². The topological polar surface area (TPSA) is 72.3 Å².